The Bertz CT molecular complexity index is 725. The van der Waals surface area contributed by atoms with Crippen molar-refractivity contribution in [3.05, 3.63) is 29.3 Å². The normalized spacial score (nSPS) is 34.6. The van der Waals surface area contributed by atoms with Crippen molar-refractivity contribution < 1.29 is 14.3 Å². The van der Waals surface area contributed by atoms with Crippen LogP contribution in [-0.2, 0) is 14.3 Å². The summed E-state index contributed by atoms with van der Waals surface area (Å²) in [5, 5.41) is 2.87. The van der Waals surface area contributed by atoms with Crippen LogP contribution >= 0.6 is 11.6 Å². The summed E-state index contributed by atoms with van der Waals surface area (Å²) < 4.78 is 5.48. The third kappa shape index (κ3) is 3.13. The van der Waals surface area contributed by atoms with E-state index in [1.165, 1.54) is 6.42 Å². The minimum Gasteiger partial charge on any atom is -0.455 e. The van der Waals surface area contributed by atoms with Crippen LogP contribution in [0, 0.1) is 31.1 Å². The number of halogens is 1. The third-order valence-electron chi connectivity index (χ3n) is 6.50. The molecular weight excluding hydrogens is 350 g/mol. The number of esters is 1. The summed E-state index contributed by atoms with van der Waals surface area (Å²) in [5.74, 6) is 0.545. The molecule has 2 unspecified atom stereocenters. The molecule has 1 aromatic carbocycles. The minimum absolute atomic E-state index is 0.228. The first-order chi connectivity index (χ1) is 12.3. The number of hydrogen-bond acceptors (Lipinski definition) is 3. The van der Waals surface area contributed by atoms with Crippen molar-refractivity contribution >= 4 is 29.2 Å². The lowest BCUT2D eigenvalue weighted by atomic mass is 9.49. The molecule has 4 fully saturated rings. The first kappa shape index (κ1) is 17.8. The second-order valence-corrected chi connectivity index (χ2v) is 9.59. The number of para-hydroxylation sites is 1. The van der Waals surface area contributed by atoms with Gasteiger partial charge in [-0.25, -0.2) is 0 Å². The number of anilines is 1. The Kier molecular flexibility index (Phi) is 4.30. The molecule has 4 aliphatic carbocycles. The van der Waals surface area contributed by atoms with E-state index in [1.54, 1.807) is 0 Å². The summed E-state index contributed by atoms with van der Waals surface area (Å²) in [7, 11) is 0. The molecule has 0 spiro atoms. The van der Waals surface area contributed by atoms with Crippen LogP contribution in [0.4, 0.5) is 5.69 Å². The van der Waals surface area contributed by atoms with Crippen LogP contribution in [0.5, 0.6) is 0 Å². The molecule has 26 heavy (non-hydrogen) atoms. The van der Waals surface area contributed by atoms with Gasteiger partial charge in [-0.05, 0) is 75.3 Å². The van der Waals surface area contributed by atoms with Gasteiger partial charge in [0, 0.05) is 10.6 Å². The molecule has 4 aliphatic rings. The predicted octanol–water partition coefficient (Wildman–Crippen LogP) is 4.36. The number of amides is 1. The summed E-state index contributed by atoms with van der Waals surface area (Å²) in [4.78, 5) is 24.9. The van der Waals surface area contributed by atoms with Crippen LogP contribution < -0.4 is 5.32 Å². The number of alkyl halides is 1. The average Bonchev–Trinajstić information content (AvgIpc) is 2.54. The van der Waals surface area contributed by atoms with Crippen LogP contribution in [0.2, 0.25) is 0 Å². The van der Waals surface area contributed by atoms with E-state index in [9.17, 15) is 9.59 Å². The average molecular weight is 376 g/mol. The first-order valence-electron chi connectivity index (χ1n) is 9.51. The van der Waals surface area contributed by atoms with E-state index in [1.807, 2.05) is 32.0 Å². The van der Waals surface area contributed by atoms with Crippen molar-refractivity contribution in [3.63, 3.8) is 0 Å². The van der Waals surface area contributed by atoms with Gasteiger partial charge in [0.25, 0.3) is 5.91 Å². The largest absolute Gasteiger partial charge is 0.455 e. The van der Waals surface area contributed by atoms with Crippen molar-refractivity contribution in [1.82, 2.24) is 0 Å². The Morgan fingerprint density at radius 2 is 1.77 bits per heavy atom. The molecule has 0 saturated heterocycles. The maximum absolute atomic E-state index is 12.9. The summed E-state index contributed by atoms with van der Waals surface area (Å²) in [6.07, 6.45) is 5.67. The van der Waals surface area contributed by atoms with E-state index in [0.717, 1.165) is 42.5 Å². The summed E-state index contributed by atoms with van der Waals surface area (Å²) in [6.45, 7) is 3.66. The molecule has 1 amide bonds. The van der Waals surface area contributed by atoms with Crippen LogP contribution in [0.15, 0.2) is 18.2 Å². The summed E-state index contributed by atoms with van der Waals surface area (Å²) in [6, 6.07) is 5.85. The smallest absolute Gasteiger partial charge is 0.312 e. The van der Waals surface area contributed by atoms with Gasteiger partial charge in [-0.2, -0.15) is 0 Å². The van der Waals surface area contributed by atoms with E-state index in [-0.39, 0.29) is 23.4 Å². The first-order valence-corrected chi connectivity index (χ1v) is 9.89. The fourth-order valence-electron chi connectivity index (χ4n) is 5.86. The molecule has 0 aliphatic heterocycles. The van der Waals surface area contributed by atoms with Crippen molar-refractivity contribution in [2.24, 2.45) is 17.3 Å². The van der Waals surface area contributed by atoms with Gasteiger partial charge in [0.2, 0.25) is 0 Å². The lowest BCUT2D eigenvalue weighted by Gasteiger charge is -2.58. The fraction of sp³-hybridized carbons (Fsp3) is 0.619. The number of ether oxygens (including phenoxy) is 1. The molecular formula is C21H26ClNO3. The topological polar surface area (TPSA) is 55.4 Å². The van der Waals surface area contributed by atoms with Crippen LogP contribution in [0.1, 0.15) is 49.7 Å². The van der Waals surface area contributed by atoms with Gasteiger partial charge in [-0.3, -0.25) is 9.59 Å². The number of nitrogens with one attached hydrogen (secondary N) is 1. The number of benzene rings is 1. The highest BCUT2D eigenvalue weighted by Crippen LogP contribution is 2.64. The molecule has 0 radical (unpaired) electrons. The van der Waals surface area contributed by atoms with Crippen LogP contribution in [0.3, 0.4) is 0 Å². The predicted molar refractivity (Wildman–Crippen MR) is 101 cm³/mol. The van der Waals surface area contributed by atoms with Gasteiger partial charge in [0.05, 0.1) is 5.41 Å². The van der Waals surface area contributed by atoms with E-state index in [2.05, 4.69) is 5.32 Å². The lowest BCUT2D eigenvalue weighted by molar-refractivity contribution is -0.171. The zero-order chi connectivity index (χ0) is 18.5. The molecule has 4 saturated carbocycles. The van der Waals surface area contributed by atoms with Crippen molar-refractivity contribution in [2.45, 2.75) is 57.2 Å². The fourth-order valence-corrected chi connectivity index (χ4v) is 6.55. The van der Waals surface area contributed by atoms with Gasteiger partial charge in [-0.1, -0.05) is 18.2 Å². The standard InChI is InChI=1S/C21H26ClNO3/c1-13-4-3-5-14(2)18(13)23-17(24)11-26-19(25)20-7-15-6-16(8-20)10-21(22,9-15)12-20/h3-5,15-16H,6-12H2,1-2H3,(H,23,24). The molecule has 140 valence electrons. The Hall–Kier alpha value is -1.55. The zero-order valence-corrected chi connectivity index (χ0v) is 16.2. The van der Waals surface area contributed by atoms with Crippen LogP contribution in [-0.4, -0.2) is 23.4 Å². The molecule has 4 bridgehead atoms. The number of hydrogen-bond donors (Lipinski definition) is 1. The van der Waals surface area contributed by atoms with Gasteiger partial charge in [-0.15, -0.1) is 11.6 Å². The highest BCUT2D eigenvalue weighted by molar-refractivity contribution is 6.24. The van der Waals surface area contributed by atoms with E-state index in [0.29, 0.717) is 18.3 Å². The number of carbonyl (C=O) groups excluding carboxylic acids is 2. The monoisotopic (exact) mass is 375 g/mol. The Labute approximate surface area is 159 Å². The van der Waals surface area contributed by atoms with Crippen molar-refractivity contribution in [1.29, 1.82) is 0 Å². The SMILES string of the molecule is Cc1cccc(C)c1NC(=O)COC(=O)C12CC3CC(CC(Cl)(C3)C1)C2. The van der Waals surface area contributed by atoms with Gasteiger partial charge < -0.3 is 10.1 Å². The second kappa shape index (κ2) is 6.26. The van der Waals surface area contributed by atoms with Crippen LogP contribution in [0.25, 0.3) is 0 Å². The Balaban J connectivity index is 1.39. The molecule has 5 heteroatoms. The Morgan fingerprint density at radius 1 is 1.15 bits per heavy atom. The third-order valence-corrected chi connectivity index (χ3v) is 6.94. The van der Waals surface area contributed by atoms with E-state index < -0.39 is 5.41 Å². The Morgan fingerprint density at radius 3 is 2.35 bits per heavy atom. The molecule has 1 aromatic rings. The number of rotatable bonds is 4. The highest BCUT2D eigenvalue weighted by atomic mass is 35.5. The molecule has 5 rings (SSSR count). The number of carbonyl (C=O) groups is 2. The highest BCUT2D eigenvalue weighted by Gasteiger charge is 2.60. The molecule has 2 atom stereocenters. The zero-order valence-electron chi connectivity index (χ0n) is 15.4. The molecule has 1 N–H and O–H groups in total. The van der Waals surface area contributed by atoms with E-state index >= 15 is 0 Å². The summed E-state index contributed by atoms with van der Waals surface area (Å²) >= 11 is 6.78. The molecule has 0 aromatic heterocycles. The quantitative estimate of drug-likeness (QED) is 0.628. The maximum Gasteiger partial charge on any atom is 0.312 e. The molecule has 0 heterocycles. The number of aryl methyl sites for hydroxylation is 2. The maximum atomic E-state index is 12.9. The lowest BCUT2D eigenvalue weighted by Crippen LogP contribution is -2.56. The minimum atomic E-state index is -0.468. The van der Waals surface area contributed by atoms with Crippen molar-refractivity contribution in [2.75, 3.05) is 11.9 Å². The molecule has 4 nitrogen and oxygen atoms in total. The second-order valence-electron chi connectivity index (χ2n) is 8.78. The van der Waals surface area contributed by atoms with Crippen molar-refractivity contribution in [3.8, 4) is 0 Å². The summed E-state index contributed by atoms with van der Waals surface area (Å²) in [5.41, 5.74) is 2.32. The van der Waals surface area contributed by atoms with Gasteiger partial charge >= 0.3 is 5.97 Å². The van der Waals surface area contributed by atoms with E-state index in [4.69, 9.17) is 16.3 Å². The van der Waals surface area contributed by atoms with Gasteiger partial charge in [0.1, 0.15) is 0 Å². The van der Waals surface area contributed by atoms with Gasteiger partial charge in [0.15, 0.2) is 6.61 Å².